The van der Waals surface area contributed by atoms with Crippen LogP contribution in [0.1, 0.15) is 26.7 Å². The average Bonchev–Trinajstić information content (AvgIpc) is 2.70. The van der Waals surface area contributed by atoms with Gasteiger partial charge in [0.2, 0.25) is 0 Å². The lowest BCUT2D eigenvalue weighted by molar-refractivity contribution is 0.266. The van der Waals surface area contributed by atoms with Gasteiger partial charge in [-0.3, -0.25) is 4.79 Å². The Bertz CT molecular complexity index is 503. The summed E-state index contributed by atoms with van der Waals surface area (Å²) in [5, 5.41) is 16.3. The zero-order valence-electron chi connectivity index (χ0n) is 11.3. The first-order chi connectivity index (χ1) is 9.04. The minimum absolute atomic E-state index is 0.0940. The Morgan fingerprint density at radius 2 is 2.26 bits per heavy atom. The second-order valence-corrected chi connectivity index (χ2v) is 6.08. The maximum Gasteiger partial charge on any atom is 0.283 e. The molecule has 3 unspecified atom stereocenters. The van der Waals surface area contributed by atoms with Crippen molar-refractivity contribution in [1.29, 1.82) is 0 Å². The van der Waals surface area contributed by atoms with Gasteiger partial charge in [0.1, 0.15) is 4.47 Å². The van der Waals surface area contributed by atoms with Gasteiger partial charge in [0, 0.05) is 6.04 Å². The Labute approximate surface area is 121 Å². The number of aliphatic hydroxyl groups excluding tert-OH is 1. The maximum atomic E-state index is 12.0. The summed E-state index contributed by atoms with van der Waals surface area (Å²) in [5.41, 5.74) is 0.530. The van der Waals surface area contributed by atoms with E-state index in [4.69, 9.17) is 5.11 Å². The zero-order chi connectivity index (χ0) is 14.0. The quantitative estimate of drug-likeness (QED) is 0.884. The van der Waals surface area contributed by atoms with E-state index in [-0.39, 0.29) is 18.7 Å². The van der Waals surface area contributed by atoms with Gasteiger partial charge in [-0.2, -0.15) is 5.10 Å². The van der Waals surface area contributed by atoms with Crippen LogP contribution in [-0.2, 0) is 6.54 Å². The van der Waals surface area contributed by atoms with Gasteiger partial charge in [-0.25, -0.2) is 4.68 Å². The van der Waals surface area contributed by atoms with Crippen molar-refractivity contribution >= 4 is 21.6 Å². The normalized spacial score (nSPS) is 26.6. The van der Waals surface area contributed by atoms with Crippen LogP contribution in [0.2, 0.25) is 0 Å². The number of rotatable bonds is 4. The molecule has 6 heteroatoms. The van der Waals surface area contributed by atoms with Gasteiger partial charge in [0.05, 0.1) is 25.0 Å². The van der Waals surface area contributed by atoms with E-state index < -0.39 is 0 Å². The highest BCUT2D eigenvalue weighted by Crippen LogP contribution is 2.33. The zero-order valence-corrected chi connectivity index (χ0v) is 12.9. The van der Waals surface area contributed by atoms with Crippen molar-refractivity contribution in [3.63, 3.8) is 0 Å². The Morgan fingerprint density at radius 3 is 2.84 bits per heavy atom. The molecule has 2 N–H and O–H groups in total. The van der Waals surface area contributed by atoms with Gasteiger partial charge in [0.25, 0.3) is 5.56 Å². The van der Waals surface area contributed by atoms with Crippen LogP contribution in [0.4, 0.5) is 5.69 Å². The monoisotopic (exact) mass is 329 g/mol. The SMILES string of the molecule is CC1CCC(Nc2cnn(CCO)c(=O)c2Br)C1C. The van der Waals surface area contributed by atoms with E-state index in [1.54, 1.807) is 6.20 Å². The van der Waals surface area contributed by atoms with Crippen molar-refractivity contribution in [2.75, 3.05) is 11.9 Å². The van der Waals surface area contributed by atoms with Gasteiger partial charge in [-0.1, -0.05) is 13.8 Å². The summed E-state index contributed by atoms with van der Waals surface area (Å²) in [5.74, 6) is 1.30. The molecule has 3 atom stereocenters. The van der Waals surface area contributed by atoms with Crippen LogP contribution in [0.3, 0.4) is 0 Å². The molecule has 1 fully saturated rings. The van der Waals surface area contributed by atoms with Crippen LogP contribution in [0.15, 0.2) is 15.5 Å². The first kappa shape index (κ1) is 14.5. The lowest BCUT2D eigenvalue weighted by atomic mass is 9.98. The summed E-state index contributed by atoms with van der Waals surface area (Å²) < 4.78 is 1.75. The van der Waals surface area contributed by atoms with Crippen LogP contribution in [-0.4, -0.2) is 27.5 Å². The fourth-order valence-corrected chi connectivity index (χ4v) is 3.01. The number of hydrogen-bond donors (Lipinski definition) is 2. The fraction of sp³-hybridized carbons (Fsp3) is 0.692. The molecule has 0 aromatic carbocycles. The number of anilines is 1. The Balaban J connectivity index is 2.18. The van der Waals surface area contributed by atoms with Gasteiger partial charge in [-0.05, 0) is 40.6 Å². The van der Waals surface area contributed by atoms with Crippen LogP contribution in [0.5, 0.6) is 0 Å². The molecule has 0 saturated heterocycles. The minimum atomic E-state index is -0.210. The third-order valence-corrected chi connectivity index (χ3v) is 4.87. The van der Waals surface area contributed by atoms with Crippen molar-refractivity contribution < 1.29 is 5.11 Å². The lowest BCUT2D eigenvalue weighted by Crippen LogP contribution is -2.29. The number of hydrogen-bond acceptors (Lipinski definition) is 4. The average molecular weight is 330 g/mol. The van der Waals surface area contributed by atoms with Crippen molar-refractivity contribution in [2.45, 2.75) is 39.3 Å². The molecule has 19 heavy (non-hydrogen) atoms. The van der Waals surface area contributed by atoms with E-state index in [1.165, 1.54) is 11.1 Å². The van der Waals surface area contributed by atoms with Gasteiger partial charge in [0.15, 0.2) is 0 Å². The van der Waals surface area contributed by atoms with Crippen molar-refractivity contribution in [1.82, 2.24) is 9.78 Å². The molecule has 5 nitrogen and oxygen atoms in total. The van der Waals surface area contributed by atoms with Crippen LogP contribution in [0.25, 0.3) is 0 Å². The third-order valence-electron chi connectivity index (χ3n) is 4.10. The van der Waals surface area contributed by atoms with E-state index in [0.29, 0.717) is 22.4 Å². The minimum Gasteiger partial charge on any atom is -0.394 e. The first-order valence-electron chi connectivity index (χ1n) is 6.67. The molecule has 1 aromatic rings. The number of nitrogens with zero attached hydrogens (tertiary/aromatic N) is 2. The van der Waals surface area contributed by atoms with E-state index in [9.17, 15) is 4.79 Å². The predicted octanol–water partition coefficient (Wildman–Crippen LogP) is 1.84. The maximum absolute atomic E-state index is 12.0. The summed E-state index contributed by atoms with van der Waals surface area (Å²) in [6.07, 6.45) is 3.98. The number of aliphatic hydroxyl groups is 1. The van der Waals surface area contributed by atoms with E-state index in [0.717, 1.165) is 12.1 Å². The molecular weight excluding hydrogens is 310 g/mol. The van der Waals surface area contributed by atoms with Crippen molar-refractivity contribution in [3.05, 3.63) is 21.0 Å². The second kappa shape index (κ2) is 6.05. The molecule has 2 rings (SSSR count). The summed E-state index contributed by atoms with van der Waals surface area (Å²) >= 11 is 3.33. The second-order valence-electron chi connectivity index (χ2n) is 5.29. The van der Waals surface area contributed by atoms with Crippen LogP contribution >= 0.6 is 15.9 Å². The highest BCUT2D eigenvalue weighted by molar-refractivity contribution is 9.10. The first-order valence-corrected chi connectivity index (χ1v) is 7.47. The summed E-state index contributed by atoms with van der Waals surface area (Å²) in [6.45, 7) is 4.63. The summed E-state index contributed by atoms with van der Waals surface area (Å²) in [4.78, 5) is 12.0. The predicted molar refractivity (Wildman–Crippen MR) is 78.3 cm³/mol. The van der Waals surface area contributed by atoms with Crippen molar-refractivity contribution in [2.24, 2.45) is 11.8 Å². The molecular formula is C13H20BrN3O2. The Hall–Kier alpha value is -0.880. The highest BCUT2D eigenvalue weighted by Gasteiger charge is 2.30. The molecule has 0 spiro atoms. The lowest BCUT2D eigenvalue weighted by Gasteiger charge is -2.21. The molecule has 0 aliphatic heterocycles. The molecule has 106 valence electrons. The molecule has 1 heterocycles. The molecule has 1 aromatic heterocycles. The van der Waals surface area contributed by atoms with E-state index >= 15 is 0 Å². The van der Waals surface area contributed by atoms with E-state index in [2.05, 4.69) is 40.2 Å². The number of halogens is 1. The Morgan fingerprint density at radius 1 is 1.53 bits per heavy atom. The number of aromatic nitrogens is 2. The highest BCUT2D eigenvalue weighted by atomic mass is 79.9. The molecule has 1 aliphatic rings. The summed E-state index contributed by atoms with van der Waals surface area (Å²) in [6, 6.07) is 0.390. The smallest absolute Gasteiger partial charge is 0.283 e. The van der Waals surface area contributed by atoms with Gasteiger partial charge in [-0.15, -0.1) is 0 Å². The molecule has 0 bridgehead atoms. The van der Waals surface area contributed by atoms with Crippen molar-refractivity contribution in [3.8, 4) is 0 Å². The molecule has 0 amide bonds. The van der Waals surface area contributed by atoms with Gasteiger partial charge < -0.3 is 10.4 Å². The van der Waals surface area contributed by atoms with Crippen LogP contribution < -0.4 is 10.9 Å². The molecule has 1 saturated carbocycles. The molecule has 1 aliphatic carbocycles. The Kier molecular flexibility index (Phi) is 4.62. The summed E-state index contributed by atoms with van der Waals surface area (Å²) in [7, 11) is 0. The fourth-order valence-electron chi connectivity index (χ4n) is 2.59. The van der Waals surface area contributed by atoms with E-state index in [1.807, 2.05) is 0 Å². The third kappa shape index (κ3) is 3.00. The van der Waals surface area contributed by atoms with Crippen LogP contribution in [0, 0.1) is 11.8 Å². The topological polar surface area (TPSA) is 67.2 Å². The largest absolute Gasteiger partial charge is 0.394 e. The molecule has 0 radical (unpaired) electrons. The standard InChI is InChI=1S/C13H20BrN3O2/c1-8-3-4-10(9(8)2)16-11-7-15-17(5-6-18)13(19)12(11)14/h7-10,16,18H,3-6H2,1-2H3. The number of nitrogens with one attached hydrogen (secondary N) is 1. The van der Waals surface area contributed by atoms with Gasteiger partial charge >= 0.3 is 0 Å².